The summed E-state index contributed by atoms with van der Waals surface area (Å²) in [7, 11) is 0. The maximum atomic E-state index is 12.5. The van der Waals surface area contributed by atoms with Crippen molar-refractivity contribution < 1.29 is 9.59 Å². The number of hydrogen-bond acceptors (Lipinski definition) is 6. The lowest BCUT2D eigenvalue weighted by atomic mass is 10.1. The lowest BCUT2D eigenvalue weighted by Crippen LogP contribution is -2.46. The van der Waals surface area contributed by atoms with Crippen molar-refractivity contribution >= 4 is 29.2 Å². The number of anilines is 1. The summed E-state index contributed by atoms with van der Waals surface area (Å²) >= 11 is 5.94. The second kappa shape index (κ2) is 7.85. The van der Waals surface area contributed by atoms with Crippen LogP contribution >= 0.6 is 11.6 Å². The van der Waals surface area contributed by atoms with Gasteiger partial charge in [0, 0.05) is 25.7 Å². The highest BCUT2D eigenvalue weighted by Gasteiger charge is 2.35. The molecule has 0 saturated carbocycles. The number of carbonyl (C=O) groups is 2. The van der Waals surface area contributed by atoms with Gasteiger partial charge in [-0.05, 0) is 50.1 Å². The average Bonchev–Trinajstić information content (AvgIpc) is 2.94. The van der Waals surface area contributed by atoms with Crippen molar-refractivity contribution in [2.75, 3.05) is 31.5 Å². The van der Waals surface area contributed by atoms with Gasteiger partial charge in [-0.15, -0.1) is 10.2 Å². The van der Waals surface area contributed by atoms with Crippen LogP contribution in [0.5, 0.6) is 0 Å². The summed E-state index contributed by atoms with van der Waals surface area (Å²) in [6.07, 6.45) is 2.08. The number of piperidine rings is 1. The van der Waals surface area contributed by atoms with Gasteiger partial charge in [0.2, 0.25) is 0 Å². The van der Waals surface area contributed by atoms with E-state index in [4.69, 9.17) is 11.6 Å². The number of hydrogen-bond donors (Lipinski definition) is 1. The van der Waals surface area contributed by atoms with Gasteiger partial charge in [0.25, 0.3) is 11.8 Å². The Morgan fingerprint density at radius 1 is 1.14 bits per heavy atom. The second-order valence-electron chi connectivity index (χ2n) is 7.30. The van der Waals surface area contributed by atoms with Gasteiger partial charge in [0.05, 0.1) is 11.1 Å². The molecule has 8 heteroatoms. The van der Waals surface area contributed by atoms with E-state index in [-0.39, 0.29) is 17.9 Å². The molecule has 2 aliphatic heterocycles. The zero-order valence-electron chi connectivity index (χ0n) is 15.7. The van der Waals surface area contributed by atoms with Crippen molar-refractivity contribution in [3.8, 4) is 0 Å². The van der Waals surface area contributed by atoms with Crippen molar-refractivity contribution in [2.45, 2.75) is 25.8 Å². The Morgan fingerprint density at radius 3 is 2.54 bits per heavy atom. The molecule has 2 aromatic rings. The van der Waals surface area contributed by atoms with Gasteiger partial charge in [-0.2, -0.15) is 0 Å². The largest absolute Gasteiger partial charge is 0.365 e. The van der Waals surface area contributed by atoms with E-state index in [1.54, 1.807) is 24.3 Å². The minimum absolute atomic E-state index is 0.195. The van der Waals surface area contributed by atoms with Gasteiger partial charge in [-0.25, -0.2) is 0 Å². The van der Waals surface area contributed by atoms with Crippen LogP contribution in [0.2, 0.25) is 5.15 Å². The molecule has 0 aliphatic carbocycles. The predicted molar refractivity (Wildman–Crippen MR) is 107 cm³/mol. The van der Waals surface area contributed by atoms with E-state index >= 15 is 0 Å². The molecule has 28 heavy (non-hydrogen) atoms. The van der Waals surface area contributed by atoms with Crippen LogP contribution in [0.25, 0.3) is 0 Å². The summed E-state index contributed by atoms with van der Waals surface area (Å²) in [6.45, 7) is 4.74. The van der Waals surface area contributed by atoms with E-state index in [0.29, 0.717) is 35.2 Å². The highest BCUT2D eigenvalue weighted by atomic mass is 35.5. The van der Waals surface area contributed by atoms with E-state index in [1.807, 2.05) is 13.0 Å². The molecule has 1 fully saturated rings. The van der Waals surface area contributed by atoms with Crippen LogP contribution in [0, 0.1) is 6.92 Å². The fourth-order valence-corrected chi connectivity index (χ4v) is 3.90. The van der Waals surface area contributed by atoms with Crippen molar-refractivity contribution in [2.24, 2.45) is 0 Å². The molecule has 1 aromatic heterocycles. The van der Waals surface area contributed by atoms with Gasteiger partial charge >= 0.3 is 0 Å². The Balaban J connectivity index is 1.34. The third-order valence-corrected chi connectivity index (χ3v) is 5.67. The summed E-state index contributed by atoms with van der Waals surface area (Å²) in [5.74, 6) is 0.326. The maximum absolute atomic E-state index is 12.5. The predicted octanol–water partition coefficient (Wildman–Crippen LogP) is 2.61. The van der Waals surface area contributed by atoms with Crippen LogP contribution < -0.4 is 5.32 Å². The van der Waals surface area contributed by atoms with Crippen molar-refractivity contribution in [3.05, 3.63) is 52.2 Å². The van der Waals surface area contributed by atoms with E-state index in [1.165, 1.54) is 4.90 Å². The molecule has 2 amide bonds. The first-order valence-corrected chi connectivity index (χ1v) is 9.84. The monoisotopic (exact) mass is 399 g/mol. The first kappa shape index (κ1) is 18.8. The molecular formula is C20H22ClN5O2. The molecule has 146 valence electrons. The van der Waals surface area contributed by atoms with Crippen molar-refractivity contribution in [3.63, 3.8) is 0 Å². The van der Waals surface area contributed by atoms with E-state index in [0.717, 1.165) is 31.5 Å². The number of carbonyl (C=O) groups excluding carboxylic acids is 2. The summed E-state index contributed by atoms with van der Waals surface area (Å²) in [4.78, 5) is 28.6. The van der Waals surface area contributed by atoms with Crippen LogP contribution in [0.1, 0.15) is 39.1 Å². The van der Waals surface area contributed by atoms with Crippen LogP contribution in [0.3, 0.4) is 0 Å². The van der Waals surface area contributed by atoms with Crippen molar-refractivity contribution in [1.82, 2.24) is 20.0 Å². The van der Waals surface area contributed by atoms with Gasteiger partial charge in [-0.3, -0.25) is 19.4 Å². The van der Waals surface area contributed by atoms with E-state index in [9.17, 15) is 9.59 Å². The van der Waals surface area contributed by atoms with Gasteiger partial charge in [-0.1, -0.05) is 23.7 Å². The van der Waals surface area contributed by atoms with Gasteiger partial charge in [0.15, 0.2) is 5.15 Å². The summed E-state index contributed by atoms with van der Waals surface area (Å²) in [5, 5.41) is 11.9. The Labute approximate surface area is 168 Å². The van der Waals surface area contributed by atoms with E-state index < -0.39 is 0 Å². The van der Waals surface area contributed by atoms with Crippen molar-refractivity contribution in [1.29, 1.82) is 0 Å². The molecule has 2 aliphatic rings. The minimum atomic E-state index is -0.195. The molecule has 1 aromatic carbocycles. The number of halogens is 1. The summed E-state index contributed by atoms with van der Waals surface area (Å²) in [5.41, 5.74) is 1.89. The Bertz CT molecular complexity index is 884. The molecule has 0 radical (unpaired) electrons. The van der Waals surface area contributed by atoms with Crippen LogP contribution in [0.4, 0.5) is 5.82 Å². The first-order valence-electron chi connectivity index (χ1n) is 9.47. The molecule has 1 saturated heterocycles. The number of amides is 2. The zero-order chi connectivity index (χ0) is 19.7. The lowest BCUT2D eigenvalue weighted by molar-refractivity contribution is 0.0630. The number of benzene rings is 1. The molecule has 0 unspecified atom stereocenters. The number of aromatic nitrogens is 2. The number of aryl methyl sites for hydroxylation is 1. The minimum Gasteiger partial charge on any atom is -0.365 e. The number of imide groups is 1. The standard InChI is InChI=1S/C20H22ClN5O2/c1-13-11-17(23-24-18(13)21)22-14-5-4-8-25(12-14)9-10-26-19(27)15-6-2-3-7-16(15)20(26)28/h2-3,6-7,11,14H,4-5,8-10,12H2,1H3,(H,22,23)/t14-/m1/s1. The lowest BCUT2D eigenvalue weighted by Gasteiger charge is -2.34. The van der Waals surface area contributed by atoms with Gasteiger partial charge < -0.3 is 5.32 Å². The molecular weight excluding hydrogens is 378 g/mol. The Kier molecular flexibility index (Phi) is 5.28. The summed E-state index contributed by atoms with van der Waals surface area (Å²) < 4.78 is 0. The van der Waals surface area contributed by atoms with Crippen LogP contribution in [0.15, 0.2) is 30.3 Å². The number of nitrogens with zero attached hydrogens (tertiary/aromatic N) is 4. The molecule has 0 bridgehead atoms. The van der Waals surface area contributed by atoms with Crippen LogP contribution in [-0.2, 0) is 0 Å². The fraction of sp³-hybridized carbons (Fsp3) is 0.400. The topological polar surface area (TPSA) is 78.4 Å². The third-order valence-electron chi connectivity index (χ3n) is 5.30. The Morgan fingerprint density at radius 2 is 1.86 bits per heavy atom. The second-order valence-corrected chi connectivity index (χ2v) is 7.65. The molecule has 1 N–H and O–H groups in total. The number of rotatable bonds is 5. The number of nitrogens with one attached hydrogen (secondary N) is 1. The zero-order valence-corrected chi connectivity index (χ0v) is 16.4. The summed E-state index contributed by atoms with van der Waals surface area (Å²) in [6, 6.07) is 9.14. The SMILES string of the molecule is Cc1cc(N[C@@H]2CCCN(CCN3C(=O)c4ccccc4C3=O)C2)nnc1Cl. The quantitative estimate of drug-likeness (QED) is 0.778. The molecule has 4 rings (SSSR count). The first-order chi connectivity index (χ1) is 13.5. The third kappa shape index (κ3) is 3.72. The number of likely N-dealkylation sites (tertiary alicyclic amines) is 1. The fourth-order valence-electron chi connectivity index (χ4n) is 3.81. The molecule has 0 spiro atoms. The van der Waals surface area contributed by atoms with Gasteiger partial charge in [0.1, 0.15) is 5.82 Å². The Hall–Kier alpha value is -2.51. The highest BCUT2D eigenvalue weighted by molar-refractivity contribution is 6.30. The number of fused-ring (bicyclic) bond motifs is 1. The molecule has 7 nitrogen and oxygen atoms in total. The smallest absolute Gasteiger partial charge is 0.261 e. The van der Waals surface area contributed by atoms with Crippen LogP contribution in [-0.4, -0.2) is 64.0 Å². The average molecular weight is 400 g/mol. The molecule has 3 heterocycles. The normalized spacial score (nSPS) is 19.8. The van der Waals surface area contributed by atoms with E-state index in [2.05, 4.69) is 20.4 Å². The maximum Gasteiger partial charge on any atom is 0.261 e. The highest BCUT2D eigenvalue weighted by Crippen LogP contribution is 2.23. The molecule has 1 atom stereocenters.